The van der Waals surface area contributed by atoms with E-state index in [2.05, 4.69) is 5.32 Å². The van der Waals surface area contributed by atoms with Gasteiger partial charge in [0.05, 0.1) is 12.2 Å². The summed E-state index contributed by atoms with van der Waals surface area (Å²) in [6.07, 6.45) is 0.231. The summed E-state index contributed by atoms with van der Waals surface area (Å²) in [6, 6.07) is 10.1. The van der Waals surface area contributed by atoms with Crippen molar-refractivity contribution in [3.8, 4) is 0 Å². The Labute approximate surface area is 178 Å². The van der Waals surface area contributed by atoms with Crippen LogP contribution in [0.1, 0.15) is 12.0 Å². The first-order chi connectivity index (χ1) is 14.4. The molecule has 0 bridgehead atoms. The van der Waals surface area contributed by atoms with E-state index in [9.17, 15) is 18.4 Å². The Morgan fingerprint density at radius 1 is 1.07 bits per heavy atom. The Balaban J connectivity index is 1.46. The van der Waals surface area contributed by atoms with Gasteiger partial charge < -0.3 is 15.0 Å². The minimum Gasteiger partial charge on any atom is -0.444 e. The fraction of sp³-hybridized carbons (Fsp3) is 0.333. The number of nitrogens with one attached hydrogen (secondary N) is 1. The average Bonchev–Trinajstić information content (AvgIpc) is 2.95. The van der Waals surface area contributed by atoms with E-state index < -0.39 is 23.6 Å². The topological polar surface area (TPSA) is 61.9 Å². The number of anilines is 1. The highest BCUT2D eigenvalue weighted by Gasteiger charge is 2.22. The molecule has 0 unspecified atom stereocenters. The summed E-state index contributed by atoms with van der Waals surface area (Å²) in [5, 5.41) is 2.98. The van der Waals surface area contributed by atoms with Crippen molar-refractivity contribution in [3.05, 3.63) is 64.7 Å². The van der Waals surface area contributed by atoms with Crippen LogP contribution in [-0.2, 0) is 16.1 Å². The molecular weight excluding hydrogens is 416 g/mol. The Morgan fingerprint density at radius 3 is 2.63 bits per heavy atom. The van der Waals surface area contributed by atoms with Crippen molar-refractivity contribution in [2.24, 2.45) is 0 Å². The summed E-state index contributed by atoms with van der Waals surface area (Å²) in [5.74, 6) is -1.94. The van der Waals surface area contributed by atoms with Gasteiger partial charge in [-0.15, -0.1) is 0 Å². The van der Waals surface area contributed by atoms with Gasteiger partial charge in [0.2, 0.25) is 5.91 Å². The van der Waals surface area contributed by atoms with Gasteiger partial charge in [0.1, 0.15) is 18.2 Å². The van der Waals surface area contributed by atoms with Crippen molar-refractivity contribution in [3.63, 3.8) is 0 Å². The number of ether oxygens (including phenoxy) is 1. The highest BCUT2D eigenvalue weighted by molar-refractivity contribution is 6.31. The van der Waals surface area contributed by atoms with Crippen molar-refractivity contribution >= 4 is 29.3 Å². The number of amides is 2. The average molecular weight is 438 g/mol. The quantitative estimate of drug-likeness (QED) is 0.770. The van der Waals surface area contributed by atoms with Crippen LogP contribution in [0, 0.1) is 11.6 Å². The number of nitrogens with zero attached hydrogens (tertiary/aromatic N) is 2. The summed E-state index contributed by atoms with van der Waals surface area (Å²) in [5.41, 5.74) is 0.662. The van der Waals surface area contributed by atoms with Gasteiger partial charge in [-0.3, -0.25) is 9.69 Å². The maximum absolute atomic E-state index is 13.7. The predicted molar refractivity (Wildman–Crippen MR) is 109 cm³/mol. The maximum atomic E-state index is 13.7. The fourth-order valence-corrected chi connectivity index (χ4v) is 3.33. The number of hydrogen-bond acceptors (Lipinski definition) is 4. The van der Waals surface area contributed by atoms with E-state index in [4.69, 9.17) is 16.3 Å². The molecule has 2 amide bonds. The normalized spacial score (nSPS) is 14.8. The number of carbonyl (C=O) groups excluding carboxylic acids is 2. The number of carbonyl (C=O) groups is 2. The molecule has 0 saturated carbocycles. The molecular formula is C21H22ClF2N3O3. The van der Waals surface area contributed by atoms with E-state index in [1.807, 2.05) is 11.0 Å². The van der Waals surface area contributed by atoms with Crippen LogP contribution >= 0.6 is 11.6 Å². The number of benzene rings is 2. The molecule has 1 N–H and O–H groups in total. The maximum Gasteiger partial charge on any atom is 0.410 e. The molecule has 6 nitrogen and oxygen atoms in total. The highest BCUT2D eigenvalue weighted by atomic mass is 35.5. The second kappa shape index (κ2) is 10.4. The summed E-state index contributed by atoms with van der Waals surface area (Å²) in [4.78, 5) is 28.0. The fourth-order valence-electron chi connectivity index (χ4n) is 3.14. The van der Waals surface area contributed by atoms with Gasteiger partial charge in [-0.1, -0.05) is 29.8 Å². The number of rotatable bonds is 5. The van der Waals surface area contributed by atoms with E-state index in [0.717, 1.165) is 11.6 Å². The predicted octanol–water partition coefficient (Wildman–Crippen LogP) is 3.90. The molecule has 2 aromatic carbocycles. The lowest BCUT2D eigenvalue weighted by Gasteiger charge is -2.21. The van der Waals surface area contributed by atoms with Gasteiger partial charge in [0.25, 0.3) is 0 Å². The van der Waals surface area contributed by atoms with Crippen LogP contribution in [0.25, 0.3) is 0 Å². The van der Waals surface area contributed by atoms with E-state index in [0.29, 0.717) is 43.7 Å². The number of hydrogen-bond donors (Lipinski definition) is 1. The molecule has 1 heterocycles. The van der Waals surface area contributed by atoms with Crippen LogP contribution < -0.4 is 5.32 Å². The lowest BCUT2D eigenvalue weighted by molar-refractivity contribution is -0.117. The third-order valence-electron chi connectivity index (χ3n) is 4.73. The summed E-state index contributed by atoms with van der Waals surface area (Å²) < 4.78 is 32.0. The highest BCUT2D eigenvalue weighted by Crippen LogP contribution is 2.17. The van der Waals surface area contributed by atoms with Crippen LogP contribution in [0.15, 0.2) is 42.5 Å². The van der Waals surface area contributed by atoms with Crippen molar-refractivity contribution in [1.29, 1.82) is 0 Å². The van der Waals surface area contributed by atoms with E-state index in [1.54, 1.807) is 23.1 Å². The number of halogens is 3. The third-order valence-corrected chi connectivity index (χ3v) is 5.10. The molecule has 30 heavy (non-hydrogen) atoms. The molecule has 9 heteroatoms. The van der Waals surface area contributed by atoms with E-state index in [1.165, 1.54) is 6.07 Å². The van der Waals surface area contributed by atoms with Crippen LogP contribution in [0.4, 0.5) is 19.3 Å². The Kier molecular flexibility index (Phi) is 7.59. The van der Waals surface area contributed by atoms with Crippen LogP contribution in [0.3, 0.4) is 0 Å². The van der Waals surface area contributed by atoms with Gasteiger partial charge in [-0.2, -0.15) is 0 Å². The Hall–Kier alpha value is -2.71. The van der Waals surface area contributed by atoms with Crippen LogP contribution in [0.5, 0.6) is 0 Å². The van der Waals surface area contributed by atoms with Gasteiger partial charge in [0, 0.05) is 42.8 Å². The minimum atomic E-state index is -0.827. The molecule has 0 atom stereocenters. The summed E-state index contributed by atoms with van der Waals surface area (Å²) >= 11 is 6.07. The van der Waals surface area contributed by atoms with Gasteiger partial charge in [-0.25, -0.2) is 13.6 Å². The molecule has 0 radical (unpaired) electrons. The molecule has 0 aromatic heterocycles. The van der Waals surface area contributed by atoms with Crippen LogP contribution in [-0.4, -0.2) is 54.5 Å². The molecule has 3 rings (SSSR count). The zero-order valence-electron chi connectivity index (χ0n) is 16.2. The minimum absolute atomic E-state index is 0.0410. The molecule has 1 aliphatic rings. The van der Waals surface area contributed by atoms with Gasteiger partial charge in [-0.05, 0) is 24.6 Å². The lowest BCUT2D eigenvalue weighted by Crippen LogP contribution is -2.38. The van der Waals surface area contributed by atoms with Crippen LogP contribution in [0.2, 0.25) is 5.02 Å². The third kappa shape index (κ3) is 6.14. The van der Waals surface area contributed by atoms with E-state index >= 15 is 0 Å². The SMILES string of the molecule is O=C(CN1CCCN(C(=O)OCc2ccccc2Cl)CC1)Nc1ccc(F)cc1F. The first-order valence-electron chi connectivity index (χ1n) is 9.55. The summed E-state index contributed by atoms with van der Waals surface area (Å²) in [6.45, 7) is 2.11. The molecule has 1 fully saturated rings. The largest absolute Gasteiger partial charge is 0.444 e. The zero-order chi connectivity index (χ0) is 21.5. The van der Waals surface area contributed by atoms with Crippen molar-refractivity contribution < 1.29 is 23.1 Å². The van der Waals surface area contributed by atoms with Gasteiger partial charge >= 0.3 is 6.09 Å². The molecule has 1 aliphatic heterocycles. The Bertz CT molecular complexity index is 913. The molecule has 2 aromatic rings. The van der Waals surface area contributed by atoms with E-state index in [-0.39, 0.29) is 18.8 Å². The first-order valence-corrected chi connectivity index (χ1v) is 9.92. The van der Waals surface area contributed by atoms with Gasteiger partial charge in [0.15, 0.2) is 0 Å². The Morgan fingerprint density at radius 2 is 1.87 bits per heavy atom. The van der Waals surface area contributed by atoms with Crippen molar-refractivity contribution in [2.45, 2.75) is 13.0 Å². The molecule has 0 spiro atoms. The van der Waals surface area contributed by atoms with Crippen molar-refractivity contribution in [1.82, 2.24) is 9.80 Å². The second-order valence-corrected chi connectivity index (χ2v) is 7.34. The standard InChI is InChI=1S/C21H22ClF2N3O3/c22-17-5-2-1-4-15(17)14-30-21(29)27-9-3-8-26(10-11-27)13-20(28)25-19-7-6-16(23)12-18(19)24/h1-2,4-7,12H,3,8-11,13-14H2,(H,25,28). The lowest BCUT2D eigenvalue weighted by atomic mass is 10.2. The van der Waals surface area contributed by atoms with Crippen molar-refractivity contribution in [2.75, 3.05) is 38.0 Å². The molecule has 160 valence electrons. The smallest absolute Gasteiger partial charge is 0.410 e. The second-order valence-electron chi connectivity index (χ2n) is 6.94. The first kappa shape index (κ1) is 22.0. The molecule has 0 aliphatic carbocycles. The monoisotopic (exact) mass is 437 g/mol. The molecule has 1 saturated heterocycles. The zero-order valence-corrected chi connectivity index (χ0v) is 17.0. The summed E-state index contributed by atoms with van der Waals surface area (Å²) in [7, 11) is 0.